The van der Waals surface area contributed by atoms with E-state index in [4.69, 9.17) is 0 Å². The van der Waals surface area contributed by atoms with Crippen LogP contribution in [0.1, 0.15) is 58.4 Å². The first-order valence-electron chi connectivity index (χ1n) is 8.05. The van der Waals surface area contributed by atoms with Crippen LogP contribution in [0.5, 0.6) is 0 Å². The van der Waals surface area contributed by atoms with Crippen molar-refractivity contribution in [2.24, 2.45) is 0 Å². The van der Waals surface area contributed by atoms with Gasteiger partial charge in [0.15, 0.2) is 0 Å². The maximum atomic E-state index is 11.9. The van der Waals surface area contributed by atoms with Gasteiger partial charge in [0.1, 0.15) is 5.78 Å². The molecule has 0 aliphatic heterocycles. The molecule has 0 bridgehead atoms. The first kappa shape index (κ1) is 16.5. The molecule has 0 saturated heterocycles. The van der Waals surface area contributed by atoms with Crippen molar-refractivity contribution in [3.05, 3.63) is 64.8 Å². The Labute approximate surface area is 134 Å². The quantitative estimate of drug-likeness (QED) is 0.619. The highest BCUT2D eigenvalue weighted by Gasteiger charge is 2.20. The Hall–Kier alpha value is -1.89. The molecule has 0 radical (unpaired) electrons. The summed E-state index contributed by atoms with van der Waals surface area (Å²) >= 11 is 0. The van der Waals surface area contributed by atoms with E-state index < -0.39 is 0 Å². The van der Waals surface area contributed by atoms with Crippen molar-refractivity contribution in [1.82, 2.24) is 0 Å². The Morgan fingerprint density at radius 3 is 2.41 bits per heavy atom. The highest BCUT2D eigenvalue weighted by Crippen LogP contribution is 2.34. The van der Waals surface area contributed by atoms with Crippen molar-refractivity contribution in [3.8, 4) is 0 Å². The fourth-order valence-electron chi connectivity index (χ4n) is 2.91. The molecule has 1 aliphatic carbocycles. The Morgan fingerprint density at radius 1 is 1.09 bits per heavy atom. The molecule has 116 valence electrons. The summed E-state index contributed by atoms with van der Waals surface area (Å²) in [5, 5.41) is 0. The van der Waals surface area contributed by atoms with E-state index in [-0.39, 0.29) is 0 Å². The van der Waals surface area contributed by atoms with Crippen molar-refractivity contribution < 1.29 is 4.79 Å². The fourth-order valence-corrected chi connectivity index (χ4v) is 2.91. The lowest BCUT2D eigenvalue weighted by molar-refractivity contribution is -0.118. The summed E-state index contributed by atoms with van der Waals surface area (Å²) in [5.74, 6) is 0.355. The molecule has 1 aromatic carbocycles. The molecular weight excluding hydrogens is 268 g/mol. The summed E-state index contributed by atoms with van der Waals surface area (Å²) in [7, 11) is 0. The van der Waals surface area contributed by atoms with Gasteiger partial charge in [-0.2, -0.15) is 0 Å². The van der Waals surface area contributed by atoms with Crippen LogP contribution in [0.4, 0.5) is 0 Å². The smallest absolute Gasteiger partial charge is 0.137 e. The van der Waals surface area contributed by atoms with Gasteiger partial charge in [-0.1, -0.05) is 59.2 Å². The standard InChI is InChI=1S/C21H26O/c1-15(2)17(4)12-16(3)13-19-10-11-20(22)14-21(19)18-8-6-5-7-9-18/h5-9H,3,10-14H2,1-2,4H3. The zero-order valence-electron chi connectivity index (χ0n) is 14.0. The second kappa shape index (κ2) is 7.40. The molecule has 22 heavy (non-hydrogen) atoms. The van der Waals surface area contributed by atoms with Crippen molar-refractivity contribution >= 4 is 11.4 Å². The number of Topliss-reactive ketones (excluding diaryl/α,β-unsaturated/α-hetero) is 1. The first-order valence-corrected chi connectivity index (χ1v) is 8.05. The second-order valence-electron chi connectivity index (χ2n) is 6.55. The lowest BCUT2D eigenvalue weighted by Crippen LogP contribution is -2.09. The Bertz CT molecular complexity index is 625. The Morgan fingerprint density at radius 2 is 1.77 bits per heavy atom. The van der Waals surface area contributed by atoms with Gasteiger partial charge in [0.05, 0.1) is 0 Å². The third kappa shape index (κ3) is 4.30. The number of benzene rings is 1. The lowest BCUT2D eigenvalue weighted by atomic mass is 9.83. The van der Waals surface area contributed by atoms with Crippen LogP contribution >= 0.6 is 0 Å². The molecule has 1 aromatic rings. The molecular formula is C21H26O. The van der Waals surface area contributed by atoms with E-state index in [1.165, 1.54) is 33.4 Å². The van der Waals surface area contributed by atoms with Gasteiger partial charge in [-0.05, 0) is 51.2 Å². The van der Waals surface area contributed by atoms with Gasteiger partial charge in [0.2, 0.25) is 0 Å². The average Bonchev–Trinajstić information content (AvgIpc) is 2.49. The summed E-state index contributed by atoms with van der Waals surface area (Å²) in [6.45, 7) is 10.7. The predicted octanol–water partition coefficient (Wildman–Crippen LogP) is 5.89. The molecule has 0 saturated carbocycles. The summed E-state index contributed by atoms with van der Waals surface area (Å²) in [5.41, 5.74) is 7.84. The lowest BCUT2D eigenvalue weighted by Gasteiger charge is -2.21. The molecule has 1 aliphatic rings. The number of ketones is 1. The van der Waals surface area contributed by atoms with Crippen LogP contribution in [0.15, 0.2) is 59.2 Å². The van der Waals surface area contributed by atoms with E-state index in [1.54, 1.807) is 0 Å². The topological polar surface area (TPSA) is 17.1 Å². The van der Waals surface area contributed by atoms with E-state index in [1.807, 2.05) is 18.2 Å². The summed E-state index contributed by atoms with van der Waals surface area (Å²) in [6, 6.07) is 10.3. The molecule has 0 N–H and O–H groups in total. The van der Waals surface area contributed by atoms with Crippen LogP contribution in [-0.4, -0.2) is 5.78 Å². The zero-order valence-corrected chi connectivity index (χ0v) is 14.0. The van der Waals surface area contributed by atoms with Gasteiger partial charge < -0.3 is 0 Å². The molecule has 0 amide bonds. The maximum Gasteiger partial charge on any atom is 0.137 e. The molecule has 0 unspecified atom stereocenters. The van der Waals surface area contributed by atoms with Gasteiger partial charge in [0, 0.05) is 12.8 Å². The molecule has 0 aromatic heterocycles. The number of rotatable bonds is 5. The SMILES string of the molecule is C=C(CC(C)=C(C)C)CC1=C(c2ccccc2)CC(=O)CC1. The van der Waals surface area contributed by atoms with Crippen LogP contribution in [0.2, 0.25) is 0 Å². The molecule has 2 rings (SSSR count). The summed E-state index contributed by atoms with van der Waals surface area (Å²) < 4.78 is 0. The van der Waals surface area contributed by atoms with E-state index in [9.17, 15) is 4.79 Å². The number of hydrogen-bond donors (Lipinski definition) is 0. The van der Waals surface area contributed by atoms with Crippen LogP contribution in [0.3, 0.4) is 0 Å². The molecule has 0 fully saturated rings. The monoisotopic (exact) mass is 294 g/mol. The number of hydrogen-bond acceptors (Lipinski definition) is 1. The van der Waals surface area contributed by atoms with Crippen LogP contribution in [0, 0.1) is 0 Å². The van der Waals surface area contributed by atoms with Crippen molar-refractivity contribution in [1.29, 1.82) is 0 Å². The molecule has 1 heteroatoms. The van der Waals surface area contributed by atoms with Gasteiger partial charge in [-0.15, -0.1) is 0 Å². The normalized spacial score (nSPS) is 15.0. The van der Waals surface area contributed by atoms with E-state index >= 15 is 0 Å². The maximum absolute atomic E-state index is 11.9. The van der Waals surface area contributed by atoms with Crippen molar-refractivity contribution in [2.75, 3.05) is 0 Å². The minimum absolute atomic E-state index is 0.355. The summed E-state index contributed by atoms with van der Waals surface area (Å²) in [4.78, 5) is 11.9. The van der Waals surface area contributed by atoms with Gasteiger partial charge in [-0.3, -0.25) is 4.79 Å². The molecule has 0 atom stereocenters. The largest absolute Gasteiger partial charge is 0.299 e. The van der Waals surface area contributed by atoms with E-state index in [2.05, 4.69) is 39.5 Å². The second-order valence-corrected chi connectivity index (χ2v) is 6.55. The minimum Gasteiger partial charge on any atom is -0.299 e. The third-order valence-electron chi connectivity index (χ3n) is 4.46. The minimum atomic E-state index is 0.355. The van der Waals surface area contributed by atoms with E-state index in [0.717, 1.165) is 19.3 Å². The molecule has 0 heterocycles. The van der Waals surface area contributed by atoms with Crippen LogP contribution in [0.25, 0.3) is 5.57 Å². The molecule has 0 spiro atoms. The average molecular weight is 294 g/mol. The summed E-state index contributed by atoms with van der Waals surface area (Å²) in [6.07, 6.45) is 4.02. The highest BCUT2D eigenvalue weighted by atomic mass is 16.1. The van der Waals surface area contributed by atoms with Gasteiger partial charge in [0.25, 0.3) is 0 Å². The van der Waals surface area contributed by atoms with Crippen LogP contribution < -0.4 is 0 Å². The van der Waals surface area contributed by atoms with Crippen LogP contribution in [-0.2, 0) is 4.79 Å². The Kier molecular flexibility index (Phi) is 5.54. The number of allylic oxidation sites excluding steroid dienone is 5. The van der Waals surface area contributed by atoms with Crippen molar-refractivity contribution in [3.63, 3.8) is 0 Å². The highest BCUT2D eigenvalue weighted by molar-refractivity contribution is 5.93. The van der Waals surface area contributed by atoms with Crippen molar-refractivity contribution in [2.45, 2.75) is 52.9 Å². The van der Waals surface area contributed by atoms with Gasteiger partial charge >= 0.3 is 0 Å². The third-order valence-corrected chi connectivity index (χ3v) is 4.46. The van der Waals surface area contributed by atoms with E-state index in [0.29, 0.717) is 18.6 Å². The van der Waals surface area contributed by atoms with Gasteiger partial charge in [-0.25, -0.2) is 0 Å². The Balaban J connectivity index is 2.23. The predicted molar refractivity (Wildman–Crippen MR) is 94.6 cm³/mol. The number of carbonyl (C=O) groups excluding carboxylic acids is 1. The fraction of sp³-hybridized carbons (Fsp3) is 0.381. The molecule has 1 nitrogen and oxygen atoms in total. The zero-order chi connectivity index (χ0) is 16.1. The number of carbonyl (C=O) groups is 1. The first-order chi connectivity index (χ1) is 10.5.